The average Bonchev–Trinajstić information content (AvgIpc) is 2.42. The minimum absolute atomic E-state index is 0.0510. The number of rotatable bonds is 4. The monoisotopic (exact) mass is 372 g/mol. The Morgan fingerprint density at radius 3 is 2.35 bits per heavy atom. The van der Waals surface area contributed by atoms with Gasteiger partial charge in [-0.1, -0.05) is 57.3 Å². The van der Waals surface area contributed by atoms with Crippen molar-refractivity contribution in [3.05, 3.63) is 67.6 Å². The van der Waals surface area contributed by atoms with Crippen molar-refractivity contribution in [1.82, 2.24) is 5.43 Å². The molecule has 106 valence electrons. The standard InChI is InChI=1S/C15H15BrCl2N2/c1-9-10(4-2-5-12(9)16)15(20-19)8-11-13(17)6-3-7-14(11)18/h2-7,15,20H,8,19H2,1H3. The van der Waals surface area contributed by atoms with Crippen molar-refractivity contribution in [2.75, 3.05) is 0 Å². The van der Waals surface area contributed by atoms with Crippen LogP contribution >= 0.6 is 39.1 Å². The zero-order valence-corrected chi connectivity index (χ0v) is 14.1. The van der Waals surface area contributed by atoms with Gasteiger partial charge in [0.1, 0.15) is 0 Å². The first kappa shape index (κ1) is 15.8. The van der Waals surface area contributed by atoms with E-state index in [2.05, 4.69) is 34.3 Å². The van der Waals surface area contributed by atoms with Crippen molar-refractivity contribution in [3.63, 3.8) is 0 Å². The molecule has 2 aromatic carbocycles. The van der Waals surface area contributed by atoms with Crippen LogP contribution in [0.4, 0.5) is 0 Å². The van der Waals surface area contributed by atoms with Gasteiger partial charge in [0.15, 0.2) is 0 Å². The molecule has 0 aromatic heterocycles. The molecule has 2 nitrogen and oxygen atoms in total. The van der Waals surface area contributed by atoms with Crippen molar-refractivity contribution in [2.45, 2.75) is 19.4 Å². The lowest BCUT2D eigenvalue weighted by molar-refractivity contribution is 0.549. The molecule has 0 aliphatic rings. The first-order valence-corrected chi connectivity index (χ1v) is 7.73. The first-order valence-electron chi connectivity index (χ1n) is 6.18. The number of hydrogen-bond acceptors (Lipinski definition) is 2. The predicted molar refractivity (Wildman–Crippen MR) is 89.1 cm³/mol. The zero-order valence-electron chi connectivity index (χ0n) is 11.0. The van der Waals surface area contributed by atoms with Crippen molar-refractivity contribution in [3.8, 4) is 0 Å². The molecule has 20 heavy (non-hydrogen) atoms. The third-order valence-electron chi connectivity index (χ3n) is 3.36. The van der Waals surface area contributed by atoms with E-state index in [4.69, 9.17) is 29.0 Å². The Balaban J connectivity index is 2.37. The largest absolute Gasteiger partial charge is 0.271 e. The van der Waals surface area contributed by atoms with Gasteiger partial charge in [0.25, 0.3) is 0 Å². The summed E-state index contributed by atoms with van der Waals surface area (Å²) >= 11 is 16.0. The van der Waals surface area contributed by atoms with Gasteiger partial charge in [-0.05, 0) is 48.2 Å². The maximum atomic E-state index is 6.23. The van der Waals surface area contributed by atoms with E-state index in [0.717, 1.165) is 21.2 Å². The predicted octanol–water partition coefficient (Wildman–Crippen LogP) is 4.81. The molecule has 0 saturated carbocycles. The molecule has 5 heteroatoms. The van der Waals surface area contributed by atoms with Crippen LogP contribution in [-0.2, 0) is 6.42 Å². The zero-order chi connectivity index (χ0) is 14.7. The van der Waals surface area contributed by atoms with E-state index in [-0.39, 0.29) is 6.04 Å². The molecule has 0 aliphatic heterocycles. The van der Waals surface area contributed by atoms with Crippen molar-refractivity contribution in [1.29, 1.82) is 0 Å². The lowest BCUT2D eigenvalue weighted by atomic mass is 9.96. The lowest BCUT2D eigenvalue weighted by Crippen LogP contribution is -2.30. The van der Waals surface area contributed by atoms with Crippen molar-refractivity contribution >= 4 is 39.1 Å². The van der Waals surface area contributed by atoms with E-state index in [1.54, 1.807) is 0 Å². The highest BCUT2D eigenvalue weighted by molar-refractivity contribution is 9.10. The molecule has 0 amide bonds. The molecule has 0 bridgehead atoms. The lowest BCUT2D eigenvalue weighted by Gasteiger charge is -2.20. The van der Waals surface area contributed by atoms with Crippen LogP contribution in [0.15, 0.2) is 40.9 Å². The molecule has 0 spiro atoms. The van der Waals surface area contributed by atoms with Gasteiger partial charge in [-0.2, -0.15) is 0 Å². The number of nitrogens with one attached hydrogen (secondary N) is 1. The maximum absolute atomic E-state index is 6.23. The third-order valence-corrected chi connectivity index (χ3v) is 4.92. The van der Waals surface area contributed by atoms with Crippen LogP contribution in [0.3, 0.4) is 0 Å². The molecule has 0 radical (unpaired) electrons. The second kappa shape index (κ2) is 6.92. The fraction of sp³-hybridized carbons (Fsp3) is 0.200. The van der Waals surface area contributed by atoms with E-state index >= 15 is 0 Å². The van der Waals surface area contributed by atoms with Gasteiger partial charge in [0.05, 0.1) is 6.04 Å². The highest BCUT2D eigenvalue weighted by atomic mass is 79.9. The van der Waals surface area contributed by atoms with Crippen LogP contribution in [-0.4, -0.2) is 0 Å². The Morgan fingerprint density at radius 1 is 1.15 bits per heavy atom. The smallest absolute Gasteiger partial charge is 0.0504 e. The Labute approximate surface area is 137 Å². The SMILES string of the molecule is Cc1c(Br)cccc1C(Cc1c(Cl)cccc1Cl)NN. The Bertz CT molecular complexity index is 597. The summed E-state index contributed by atoms with van der Waals surface area (Å²) in [4.78, 5) is 0. The average molecular weight is 374 g/mol. The van der Waals surface area contributed by atoms with Crippen LogP contribution < -0.4 is 11.3 Å². The van der Waals surface area contributed by atoms with Gasteiger partial charge in [-0.25, -0.2) is 0 Å². The normalized spacial score (nSPS) is 12.4. The van der Waals surface area contributed by atoms with Crippen molar-refractivity contribution in [2.24, 2.45) is 5.84 Å². The number of halogens is 3. The third kappa shape index (κ3) is 3.35. The summed E-state index contributed by atoms with van der Waals surface area (Å²) in [6.07, 6.45) is 0.631. The molecule has 2 aromatic rings. The Kier molecular flexibility index (Phi) is 5.47. The van der Waals surface area contributed by atoms with Crippen LogP contribution in [0.2, 0.25) is 10.0 Å². The summed E-state index contributed by atoms with van der Waals surface area (Å²) in [7, 11) is 0. The van der Waals surface area contributed by atoms with Crippen molar-refractivity contribution < 1.29 is 0 Å². The molecule has 0 fully saturated rings. The summed E-state index contributed by atoms with van der Waals surface area (Å²) in [6.45, 7) is 2.05. The number of nitrogens with two attached hydrogens (primary N) is 1. The molecule has 2 rings (SSSR count). The van der Waals surface area contributed by atoms with Gasteiger partial charge in [-0.3, -0.25) is 11.3 Å². The topological polar surface area (TPSA) is 38.0 Å². The summed E-state index contributed by atoms with van der Waals surface area (Å²) < 4.78 is 1.06. The minimum Gasteiger partial charge on any atom is -0.271 e. The molecule has 1 atom stereocenters. The highest BCUT2D eigenvalue weighted by Crippen LogP contribution is 2.31. The highest BCUT2D eigenvalue weighted by Gasteiger charge is 2.17. The van der Waals surface area contributed by atoms with E-state index in [9.17, 15) is 0 Å². The fourth-order valence-electron chi connectivity index (χ4n) is 2.19. The van der Waals surface area contributed by atoms with E-state index < -0.39 is 0 Å². The fourth-order valence-corrected chi connectivity index (χ4v) is 3.13. The van der Waals surface area contributed by atoms with Gasteiger partial charge >= 0.3 is 0 Å². The van der Waals surface area contributed by atoms with Crippen LogP contribution in [0.1, 0.15) is 22.7 Å². The molecular formula is C15H15BrCl2N2. The minimum atomic E-state index is -0.0510. The Hall–Kier alpha value is -0.580. The van der Waals surface area contributed by atoms with Gasteiger partial charge < -0.3 is 0 Å². The molecule has 0 heterocycles. The molecule has 0 saturated heterocycles. The van der Waals surface area contributed by atoms with Gasteiger partial charge in [0.2, 0.25) is 0 Å². The summed E-state index contributed by atoms with van der Waals surface area (Å²) in [5.74, 6) is 5.72. The van der Waals surface area contributed by atoms with Crippen LogP contribution in [0.5, 0.6) is 0 Å². The summed E-state index contributed by atoms with van der Waals surface area (Å²) in [5.41, 5.74) is 6.03. The second-order valence-corrected chi connectivity index (χ2v) is 6.25. The molecule has 3 N–H and O–H groups in total. The first-order chi connectivity index (χ1) is 9.54. The summed E-state index contributed by atoms with van der Waals surface area (Å²) in [6, 6.07) is 11.5. The number of hydrogen-bond donors (Lipinski definition) is 2. The molecular weight excluding hydrogens is 359 g/mol. The number of hydrazine groups is 1. The molecule has 0 aliphatic carbocycles. The van der Waals surface area contributed by atoms with E-state index in [1.807, 2.05) is 30.3 Å². The van der Waals surface area contributed by atoms with E-state index in [0.29, 0.717) is 16.5 Å². The van der Waals surface area contributed by atoms with Gasteiger partial charge in [-0.15, -0.1) is 0 Å². The summed E-state index contributed by atoms with van der Waals surface area (Å²) in [5, 5.41) is 1.32. The number of benzene rings is 2. The quantitative estimate of drug-likeness (QED) is 0.596. The maximum Gasteiger partial charge on any atom is 0.0504 e. The van der Waals surface area contributed by atoms with Crippen LogP contribution in [0.25, 0.3) is 0 Å². The van der Waals surface area contributed by atoms with E-state index in [1.165, 1.54) is 0 Å². The second-order valence-electron chi connectivity index (χ2n) is 4.58. The Morgan fingerprint density at radius 2 is 1.75 bits per heavy atom. The molecule has 1 unspecified atom stereocenters. The van der Waals surface area contributed by atoms with Gasteiger partial charge in [0, 0.05) is 14.5 Å². The van der Waals surface area contributed by atoms with Crippen LogP contribution in [0, 0.1) is 6.92 Å².